The number of hydrogen-bond acceptors (Lipinski definition) is 4. The van der Waals surface area contributed by atoms with Crippen LogP contribution in [0.1, 0.15) is 35.7 Å². The molecule has 178 valence electrons. The van der Waals surface area contributed by atoms with Crippen LogP contribution < -0.4 is 5.69 Å². The number of halogens is 3. The highest BCUT2D eigenvalue weighted by atomic mass is 19.4. The number of fused-ring (bicyclic) bond motifs is 2. The van der Waals surface area contributed by atoms with Gasteiger partial charge in [-0.2, -0.15) is 18.4 Å². The van der Waals surface area contributed by atoms with Gasteiger partial charge < -0.3 is 9.88 Å². The van der Waals surface area contributed by atoms with Gasteiger partial charge in [0.1, 0.15) is 0 Å². The van der Waals surface area contributed by atoms with Crippen LogP contribution in [0.15, 0.2) is 53.3 Å². The van der Waals surface area contributed by atoms with Crippen molar-refractivity contribution in [2.45, 2.75) is 31.5 Å². The van der Waals surface area contributed by atoms with E-state index in [1.54, 1.807) is 23.1 Å². The molecule has 5 rings (SSSR count). The quantitative estimate of drug-likeness (QED) is 0.477. The number of alkyl halides is 3. The number of aromatic amines is 1. The number of piperidine rings is 1. The van der Waals surface area contributed by atoms with E-state index < -0.39 is 23.5 Å². The first kappa shape index (κ1) is 22.7. The van der Waals surface area contributed by atoms with Gasteiger partial charge in [0.05, 0.1) is 45.9 Å². The molecule has 0 radical (unpaired) electrons. The Hall–Kier alpha value is -4.13. The van der Waals surface area contributed by atoms with Gasteiger partial charge in [-0.15, -0.1) is 0 Å². The number of nitrogens with one attached hydrogen (secondary N) is 1. The molecule has 2 aromatic carbocycles. The van der Waals surface area contributed by atoms with Crippen LogP contribution in [0.3, 0.4) is 0 Å². The predicted octanol–water partition coefficient (Wildman–Crippen LogP) is 4.17. The Bertz CT molecular complexity index is 1540. The summed E-state index contributed by atoms with van der Waals surface area (Å²) in [4.78, 5) is 34.2. The molecule has 35 heavy (non-hydrogen) atoms. The van der Waals surface area contributed by atoms with Crippen LogP contribution in [-0.4, -0.2) is 38.4 Å². The number of carbonyl (C=O) groups excluding carboxylic acids is 1. The lowest BCUT2D eigenvalue weighted by Crippen LogP contribution is -2.41. The van der Waals surface area contributed by atoms with Crippen molar-refractivity contribution in [3.63, 3.8) is 0 Å². The maximum atomic E-state index is 13.6. The number of carbonyl (C=O) groups is 1. The standard InChI is InChI=1S/C25H20F3N5O2/c26-25(27,28)19-5-3-7-21-23(19)33(24(35)31-21)17-8-10-32(11-9-17)22(34)13-16-12-15(14-29)18-4-1-2-6-20(18)30-16/h1-7,12,17H,8-11,13H2,(H,31,35). The molecule has 1 aliphatic rings. The Labute approximate surface area is 197 Å². The topological polar surface area (TPSA) is 94.8 Å². The van der Waals surface area contributed by atoms with Gasteiger partial charge in [-0.05, 0) is 37.1 Å². The third-order valence-corrected chi connectivity index (χ3v) is 6.45. The number of pyridine rings is 1. The van der Waals surface area contributed by atoms with E-state index in [0.717, 1.165) is 11.5 Å². The minimum Gasteiger partial charge on any atom is -0.342 e. The van der Waals surface area contributed by atoms with Gasteiger partial charge in [-0.1, -0.05) is 24.3 Å². The lowest BCUT2D eigenvalue weighted by molar-refractivity contribution is -0.136. The minimum absolute atomic E-state index is 0.00936. The number of likely N-dealkylation sites (tertiary alicyclic amines) is 1. The Kier molecular flexibility index (Phi) is 5.55. The zero-order valence-corrected chi connectivity index (χ0v) is 18.5. The molecule has 7 nitrogen and oxygen atoms in total. The predicted molar refractivity (Wildman–Crippen MR) is 123 cm³/mol. The molecule has 2 aromatic heterocycles. The summed E-state index contributed by atoms with van der Waals surface area (Å²) in [5, 5.41) is 10.2. The van der Waals surface area contributed by atoms with Crippen molar-refractivity contribution >= 4 is 27.8 Å². The largest absolute Gasteiger partial charge is 0.418 e. The average Bonchev–Trinajstić information content (AvgIpc) is 3.18. The molecule has 0 aliphatic carbocycles. The third-order valence-electron chi connectivity index (χ3n) is 6.45. The molecule has 1 fully saturated rings. The lowest BCUT2D eigenvalue weighted by Gasteiger charge is -2.33. The number of hydrogen-bond donors (Lipinski definition) is 1. The molecule has 0 saturated carbocycles. The molecule has 1 amide bonds. The molecule has 0 bridgehead atoms. The van der Waals surface area contributed by atoms with Crippen molar-refractivity contribution < 1.29 is 18.0 Å². The Morgan fingerprint density at radius 3 is 2.60 bits per heavy atom. The van der Waals surface area contributed by atoms with Crippen LogP contribution in [0.25, 0.3) is 21.9 Å². The first-order valence-corrected chi connectivity index (χ1v) is 11.1. The van der Waals surface area contributed by atoms with Crippen LogP contribution in [0.4, 0.5) is 13.2 Å². The van der Waals surface area contributed by atoms with E-state index in [1.807, 2.05) is 12.1 Å². The van der Waals surface area contributed by atoms with E-state index in [0.29, 0.717) is 42.7 Å². The van der Waals surface area contributed by atoms with Crippen molar-refractivity contribution in [2.75, 3.05) is 13.1 Å². The summed E-state index contributed by atoms with van der Waals surface area (Å²) in [5.41, 5.74) is 0.0881. The number of aromatic nitrogens is 3. The molecule has 1 N–H and O–H groups in total. The number of rotatable bonds is 3. The monoisotopic (exact) mass is 479 g/mol. The van der Waals surface area contributed by atoms with Crippen molar-refractivity contribution in [3.8, 4) is 6.07 Å². The molecular weight excluding hydrogens is 459 g/mol. The normalized spacial score (nSPS) is 15.0. The summed E-state index contributed by atoms with van der Waals surface area (Å²) in [7, 11) is 0. The van der Waals surface area contributed by atoms with Gasteiger partial charge >= 0.3 is 11.9 Å². The highest BCUT2D eigenvalue weighted by Crippen LogP contribution is 2.36. The van der Waals surface area contributed by atoms with Crippen molar-refractivity contribution in [3.05, 3.63) is 75.8 Å². The first-order valence-electron chi connectivity index (χ1n) is 11.1. The van der Waals surface area contributed by atoms with E-state index in [2.05, 4.69) is 16.0 Å². The van der Waals surface area contributed by atoms with Crippen molar-refractivity contribution in [1.82, 2.24) is 19.4 Å². The smallest absolute Gasteiger partial charge is 0.342 e. The second-order valence-corrected chi connectivity index (χ2v) is 8.58. The minimum atomic E-state index is -4.60. The summed E-state index contributed by atoms with van der Waals surface area (Å²) >= 11 is 0. The average molecular weight is 479 g/mol. The number of para-hydroxylation sites is 2. The number of nitrogens with zero attached hydrogens (tertiary/aromatic N) is 4. The van der Waals surface area contributed by atoms with Crippen LogP contribution in [0, 0.1) is 11.3 Å². The zero-order valence-electron chi connectivity index (χ0n) is 18.5. The van der Waals surface area contributed by atoms with Crippen LogP contribution in [0.2, 0.25) is 0 Å². The number of H-pyrrole nitrogens is 1. The highest BCUT2D eigenvalue weighted by molar-refractivity contribution is 5.86. The van der Waals surface area contributed by atoms with Crippen LogP contribution in [-0.2, 0) is 17.4 Å². The summed E-state index contributed by atoms with van der Waals surface area (Å²) in [6.45, 7) is 0.602. The SMILES string of the molecule is N#Cc1cc(CC(=O)N2CCC(n3c(=O)[nH]c4cccc(C(F)(F)F)c43)CC2)nc2ccccc12. The fourth-order valence-corrected chi connectivity index (χ4v) is 4.81. The van der Waals surface area contributed by atoms with Crippen molar-refractivity contribution in [2.24, 2.45) is 0 Å². The van der Waals surface area contributed by atoms with E-state index in [9.17, 15) is 28.0 Å². The van der Waals surface area contributed by atoms with Gasteiger partial charge in [0.2, 0.25) is 5.91 Å². The third kappa shape index (κ3) is 4.14. The van der Waals surface area contributed by atoms with E-state index in [4.69, 9.17) is 0 Å². The molecular formula is C25H20F3N5O2. The molecule has 4 aromatic rings. The molecule has 10 heteroatoms. The fraction of sp³-hybridized carbons (Fsp3) is 0.280. The molecule has 1 saturated heterocycles. The van der Waals surface area contributed by atoms with Crippen LogP contribution in [0.5, 0.6) is 0 Å². The summed E-state index contributed by atoms with van der Waals surface area (Å²) in [5.74, 6) is -0.183. The molecule has 0 unspecified atom stereocenters. The maximum Gasteiger partial charge on any atom is 0.418 e. The molecule has 0 spiro atoms. The van der Waals surface area contributed by atoms with Gasteiger partial charge in [0.15, 0.2) is 0 Å². The van der Waals surface area contributed by atoms with Crippen LogP contribution >= 0.6 is 0 Å². The van der Waals surface area contributed by atoms with E-state index >= 15 is 0 Å². The van der Waals surface area contributed by atoms with Gasteiger partial charge in [-0.3, -0.25) is 14.3 Å². The Morgan fingerprint density at radius 1 is 1.14 bits per heavy atom. The fourth-order valence-electron chi connectivity index (χ4n) is 4.81. The Balaban J connectivity index is 1.35. The number of nitriles is 1. The Morgan fingerprint density at radius 2 is 1.89 bits per heavy atom. The number of amides is 1. The molecule has 3 heterocycles. The number of benzene rings is 2. The first-order chi connectivity index (χ1) is 16.8. The number of imidazole rings is 1. The summed E-state index contributed by atoms with van der Waals surface area (Å²) in [6.07, 6.45) is -3.89. The maximum absolute atomic E-state index is 13.6. The molecule has 0 atom stereocenters. The van der Waals surface area contributed by atoms with Gasteiger partial charge in [0.25, 0.3) is 0 Å². The van der Waals surface area contributed by atoms with Crippen molar-refractivity contribution in [1.29, 1.82) is 5.26 Å². The van der Waals surface area contributed by atoms with E-state index in [-0.39, 0.29) is 23.4 Å². The second-order valence-electron chi connectivity index (χ2n) is 8.58. The summed E-state index contributed by atoms with van der Waals surface area (Å²) < 4.78 is 42.0. The van der Waals surface area contributed by atoms with E-state index in [1.165, 1.54) is 16.7 Å². The second kappa shape index (κ2) is 8.58. The zero-order chi connectivity index (χ0) is 24.7. The summed E-state index contributed by atoms with van der Waals surface area (Å²) in [6, 6.07) is 14.2. The lowest BCUT2D eigenvalue weighted by atomic mass is 10.0. The highest BCUT2D eigenvalue weighted by Gasteiger charge is 2.36. The van der Waals surface area contributed by atoms with Gasteiger partial charge in [-0.25, -0.2) is 4.79 Å². The molecule has 1 aliphatic heterocycles. The van der Waals surface area contributed by atoms with Gasteiger partial charge in [0, 0.05) is 24.5 Å².